The van der Waals surface area contributed by atoms with Crippen LogP contribution in [0.25, 0.3) is 0 Å². The monoisotopic (exact) mass is 267 g/mol. The molecular weight excluding hydrogens is 242 g/mol. The molecule has 2 N–H and O–H groups in total. The van der Waals surface area contributed by atoms with Crippen molar-refractivity contribution in [1.29, 1.82) is 0 Å². The van der Waals surface area contributed by atoms with Gasteiger partial charge < -0.3 is 19.9 Å². The fourth-order valence-corrected chi connectivity index (χ4v) is 1.77. The lowest BCUT2D eigenvalue weighted by Crippen LogP contribution is -2.15. The predicted molar refractivity (Wildman–Crippen MR) is 77.0 cm³/mol. The molecule has 4 heteroatoms. The lowest BCUT2D eigenvalue weighted by Gasteiger charge is -2.13. The van der Waals surface area contributed by atoms with E-state index in [-0.39, 0.29) is 6.04 Å². The highest BCUT2D eigenvalue weighted by atomic mass is 16.5. The Morgan fingerprint density at radius 1 is 1.16 bits per heavy atom. The van der Waals surface area contributed by atoms with E-state index in [9.17, 15) is 0 Å². The maximum atomic E-state index is 5.78. The van der Waals surface area contributed by atoms with Gasteiger partial charge in [-0.05, 0) is 37.5 Å². The first-order chi connectivity index (χ1) is 9.17. The van der Waals surface area contributed by atoms with Crippen LogP contribution in [0.4, 0.5) is 0 Å². The van der Waals surface area contributed by atoms with Crippen LogP contribution < -0.4 is 15.2 Å². The number of aryl methyl sites for hydroxylation is 1. The van der Waals surface area contributed by atoms with E-state index in [0.29, 0.717) is 13.2 Å². The van der Waals surface area contributed by atoms with E-state index in [2.05, 4.69) is 6.07 Å². The minimum absolute atomic E-state index is 0.216. The van der Waals surface area contributed by atoms with Crippen LogP contribution in [0.2, 0.25) is 0 Å². The van der Waals surface area contributed by atoms with E-state index in [1.54, 1.807) is 14.2 Å². The van der Waals surface area contributed by atoms with Crippen LogP contribution in [-0.2, 0) is 11.2 Å². The summed E-state index contributed by atoms with van der Waals surface area (Å²) in [5.74, 6) is 1.56. The van der Waals surface area contributed by atoms with Gasteiger partial charge >= 0.3 is 0 Å². The summed E-state index contributed by atoms with van der Waals surface area (Å²) in [6, 6.07) is 6.26. The molecule has 0 bridgehead atoms. The van der Waals surface area contributed by atoms with Gasteiger partial charge in [-0.25, -0.2) is 0 Å². The van der Waals surface area contributed by atoms with Crippen molar-refractivity contribution in [3.05, 3.63) is 23.8 Å². The molecule has 0 aliphatic carbocycles. The van der Waals surface area contributed by atoms with E-state index in [1.807, 2.05) is 19.1 Å². The van der Waals surface area contributed by atoms with E-state index in [0.717, 1.165) is 30.8 Å². The summed E-state index contributed by atoms with van der Waals surface area (Å²) in [7, 11) is 3.34. The molecular formula is C15H25NO3. The maximum absolute atomic E-state index is 5.78. The molecule has 0 saturated carbocycles. The zero-order chi connectivity index (χ0) is 14.1. The van der Waals surface area contributed by atoms with Gasteiger partial charge in [0.15, 0.2) is 11.5 Å². The number of hydrogen-bond acceptors (Lipinski definition) is 4. The predicted octanol–water partition coefficient (Wildman–Crippen LogP) is 2.39. The Hall–Kier alpha value is -1.26. The van der Waals surface area contributed by atoms with Gasteiger partial charge in [0, 0.05) is 26.2 Å². The Morgan fingerprint density at radius 3 is 2.58 bits per heavy atom. The molecule has 0 aliphatic heterocycles. The van der Waals surface area contributed by atoms with Crippen LogP contribution >= 0.6 is 0 Å². The van der Waals surface area contributed by atoms with Crippen molar-refractivity contribution in [2.75, 3.05) is 27.4 Å². The molecule has 4 nitrogen and oxygen atoms in total. The Balaban J connectivity index is 2.61. The first kappa shape index (κ1) is 15.8. The van der Waals surface area contributed by atoms with Crippen molar-refractivity contribution in [3.8, 4) is 11.5 Å². The number of benzene rings is 1. The molecule has 19 heavy (non-hydrogen) atoms. The molecule has 0 saturated heterocycles. The standard InChI is InChI=1S/C15H25NO3/c1-12(16)5-6-13-7-8-14(18-3)15(11-13)19-10-4-9-17-2/h7-8,11-12H,4-6,9-10,16H2,1-3H3. The van der Waals surface area contributed by atoms with Gasteiger partial charge in [0.25, 0.3) is 0 Å². The first-order valence-corrected chi connectivity index (χ1v) is 6.71. The zero-order valence-electron chi connectivity index (χ0n) is 12.1. The highest BCUT2D eigenvalue weighted by Crippen LogP contribution is 2.28. The first-order valence-electron chi connectivity index (χ1n) is 6.71. The SMILES string of the molecule is COCCCOc1cc(CCC(C)N)ccc1OC. The van der Waals surface area contributed by atoms with E-state index >= 15 is 0 Å². The molecule has 1 atom stereocenters. The van der Waals surface area contributed by atoms with Crippen LogP contribution in [0, 0.1) is 0 Å². The Morgan fingerprint density at radius 2 is 1.95 bits per heavy atom. The van der Waals surface area contributed by atoms with Crippen LogP contribution in [-0.4, -0.2) is 33.5 Å². The Kier molecular flexibility index (Phi) is 7.30. The number of ether oxygens (including phenoxy) is 3. The smallest absolute Gasteiger partial charge is 0.161 e. The number of methoxy groups -OCH3 is 2. The lowest BCUT2D eigenvalue weighted by atomic mass is 10.1. The molecule has 0 radical (unpaired) electrons. The van der Waals surface area contributed by atoms with Crippen molar-refractivity contribution < 1.29 is 14.2 Å². The fourth-order valence-electron chi connectivity index (χ4n) is 1.77. The van der Waals surface area contributed by atoms with Crippen molar-refractivity contribution in [3.63, 3.8) is 0 Å². The largest absolute Gasteiger partial charge is 0.493 e. The van der Waals surface area contributed by atoms with Crippen LogP contribution in [0.1, 0.15) is 25.3 Å². The van der Waals surface area contributed by atoms with E-state index < -0.39 is 0 Å². The third kappa shape index (κ3) is 5.94. The molecule has 0 aliphatic rings. The number of hydrogen-bond donors (Lipinski definition) is 1. The summed E-state index contributed by atoms with van der Waals surface area (Å²) in [4.78, 5) is 0. The zero-order valence-corrected chi connectivity index (χ0v) is 12.1. The van der Waals surface area contributed by atoms with E-state index in [1.165, 1.54) is 5.56 Å². The molecule has 1 aromatic carbocycles. The average Bonchev–Trinajstić information content (AvgIpc) is 2.41. The molecule has 0 fully saturated rings. The lowest BCUT2D eigenvalue weighted by molar-refractivity contribution is 0.170. The molecule has 1 rings (SSSR count). The molecule has 0 amide bonds. The molecule has 0 spiro atoms. The Bertz CT molecular complexity index is 366. The summed E-state index contributed by atoms with van der Waals surface area (Å²) in [5.41, 5.74) is 7.00. The number of nitrogens with two attached hydrogens (primary N) is 1. The molecule has 108 valence electrons. The summed E-state index contributed by atoms with van der Waals surface area (Å²) < 4.78 is 16.0. The highest BCUT2D eigenvalue weighted by molar-refractivity contribution is 5.43. The number of rotatable bonds is 9. The highest BCUT2D eigenvalue weighted by Gasteiger charge is 2.06. The van der Waals surface area contributed by atoms with Gasteiger partial charge in [0.2, 0.25) is 0 Å². The summed E-state index contributed by atoms with van der Waals surface area (Å²) in [5, 5.41) is 0. The topological polar surface area (TPSA) is 53.7 Å². The van der Waals surface area contributed by atoms with Gasteiger partial charge in [-0.1, -0.05) is 6.07 Å². The van der Waals surface area contributed by atoms with Gasteiger partial charge in [-0.3, -0.25) is 0 Å². The fraction of sp³-hybridized carbons (Fsp3) is 0.600. The van der Waals surface area contributed by atoms with E-state index in [4.69, 9.17) is 19.9 Å². The van der Waals surface area contributed by atoms with Gasteiger partial charge in [0.1, 0.15) is 0 Å². The van der Waals surface area contributed by atoms with Crippen LogP contribution in [0.3, 0.4) is 0 Å². The van der Waals surface area contributed by atoms with Gasteiger partial charge in [-0.2, -0.15) is 0 Å². The molecule has 0 heterocycles. The van der Waals surface area contributed by atoms with Crippen molar-refractivity contribution >= 4 is 0 Å². The molecule has 1 aromatic rings. The van der Waals surface area contributed by atoms with Crippen molar-refractivity contribution in [2.24, 2.45) is 5.73 Å². The maximum Gasteiger partial charge on any atom is 0.161 e. The second-order valence-corrected chi connectivity index (χ2v) is 4.70. The molecule has 0 aromatic heterocycles. The summed E-state index contributed by atoms with van der Waals surface area (Å²) >= 11 is 0. The summed E-state index contributed by atoms with van der Waals surface area (Å²) in [6.07, 6.45) is 2.79. The van der Waals surface area contributed by atoms with Gasteiger partial charge in [-0.15, -0.1) is 0 Å². The van der Waals surface area contributed by atoms with Gasteiger partial charge in [0.05, 0.1) is 13.7 Å². The quantitative estimate of drug-likeness (QED) is 0.698. The minimum atomic E-state index is 0.216. The third-order valence-electron chi connectivity index (χ3n) is 2.87. The normalized spacial score (nSPS) is 12.2. The van der Waals surface area contributed by atoms with Crippen LogP contribution in [0.15, 0.2) is 18.2 Å². The van der Waals surface area contributed by atoms with Crippen molar-refractivity contribution in [2.45, 2.75) is 32.2 Å². The minimum Gasteiger partial charge on any atom is -0.493 e. The summed E-state index contributed by atoms with van der Waals surface area (Å²) in [6.45, 7) is 3.35. The van der Waals surface area contributed by atoms with Crippen molar-refractivity contribution in [1.82, 2.24) is 0 Å². The third-order valence-corrected chi connectivity index (χ3v) is 2.87. The molecule has 1 unspecified atom stereocenters. The second-order valence-electron chi connectivity index (χ2n) is 4.70. The van der Waals surface area contributed by atoms with Crippen LogP contribution in [0.5, 0.6) is 11.5 Å². The second kappa shape index (κ2) is 8.77. The Labute approximate surface area is 115 Å². The average molecular weight is 267 g/mol.